The molecule has 0 aromatic carbocycles. The van der Waals surface area contributed by atoms with Gasteiger partial charge in [-0.25, -0.2) is 9.13 Å². The van der Waals surface area contributed by atoms with Crippen molar-refractivity contribution in [2.24, 2.45) is 11.5 Å². The number of aliphatic hydroxyl groups is 4. The van der Waals surface area contributed by atoms with Gasteiger partial charge in [0, 0.05) is 20.3 Å². The number of ether oxygens (including phenoxy) is 4. The summed E-state index contributed by atoms with van der Waals surface area (Å²) in [5.74, 6) is -8.88. The number of nitrogens with two attached hydrogens (primary N) is 2. The number of phosphoric ester groups is 2. The molecule has 738 valence electrons. The normalized spacial score (nSPS) is 22.4. The fourth-order valence-corrected chi connectivity index (χ4v) is 16.2. The second-order valence-corrected chi connectivity index (χ2v) is 37.8. The van der Waals surface area contributed by atoms with Gasteiger partial charge in [-0.15, -0.1) is 0 Å². The fourth-order valence-electron chi connectivity index (χ4n) is 14.1. The highest BCUT2D eigenvalue weighted by atomic mass is 31.3. The van der Waals surface area contributed by atoms with Gasteiger partial charge in [-0.2, -0.15) is 4.31 Å². The van der Waals surface area contributed by atoms with E-state index >= 15 is 0 Å². The lowest BCUT2D eigenvalue weighted by molar-refractivity contribution is -0.331. The van der Waals surface area contributed by atoms with E-state index in [9.17, 15) is 87.6 Å². The highest BCUT2D eigenvalue weighted by Gasteiger charge is 2.55. The first-order chi connectivity index (χ1) is 61.1. The van der Waals surface area contributed by atoms with Crippen LogP contribution >= 0.6 is 15.6 Å². The molecule has 18 N–H and O–H groups in total. The Bertz CT molecular complexity index is 4070. The molecule has 34 nitrogen and oxygen atoms in total. The van der Waals surface area contributed by atoms with Crippen LogP contribution < -0.4 is 48.7 Å². The van der Waals surface area contributed by atoms with E-state index in [2.05, 4.69) is 172 Å². The minimum absolute atomic E-state index is 0.0421. The van der Waals surface area contributed by atoms with Crippen molar-refractivity contribution in [1.29, 1.82) is 0 Å². The largest absolute Gasteiger partial charge is 0.483 e. The Balaban J connectivity index is 2.08. The van der Waals surface area contributed by atoms with Crippen molar-refractivity contribution >= 4 is 68.9 Å². The van der Waals surface area contributed by atoms with Crippen molar-refractivity contribution in [2.75, 3.05) is 26.4 Å². The molecule has 36 heteroatoms. The van der Waals surface area contributed by atoms with E-state index < -0.39 is 199 Å². The average Bonchev–Trinajstić information content (AvgIpc) is 0.764. The molecule has 2 rings (SSSR count). The number of unbranched alkanes of at least 4 members (excludes halogenated alkanes) is 1. The number of carboxylic acid groups (broad SMARTS) is 1. The predicted molar refractivity (Wildman–Crippen MR) is 501 cm³/mol. The molecule has 8 amide bonds. The quantitative estimate of drug-likeness (QED) is 0.0153. The zero-order valence-corrected chi connectivity index (χ0v) is 81.9. The standard InChI is InChI=1S/C94H157N9O25P2/c1-59(2)31-21-32-60(3)33-22-34-61(4)35-23-36-62(5)37-24-38-63(6)39-25-40-64(7)41-26-42-65(8)43-27-44-66(9)45-28-46-67(10)47-29-48-68(11)49-30-50-69(12)54-56-122-129(118,119)128-130(120,121)127-94-82(101-75(18)107)86(85(79(58-105)125-94)126-93-81(100-74(17)106)84(110)83(109)78(57-104)124-93)123-73(16)90(114)97-71(14)89(113)103-76(87(96)111)52-53-80(108)102-77(51-19-20-55-95)91(115)98-70(13)88(112)99-72(15)92(116)117/h31,33,35,37,39,41,43,45,47,49,54,70-73,76-79,81-86,93-94,104-105,109-110H,19-30,32,34,36,38,40,42,44,46,48,50-53,55-58,95H2,1-18H3,(H2,96,111)(H,97,114)(H,98,115)(H,99,112)(H,100,106)(H,101,107)(H,102,108)(H,103,113)(H,116,117)(H,118,119)(H,120,121)/b60-33+,61-35+,62-37+,63-39+,64-41+,65-43+,66-45+,67-47+,68-49+,69-54+/t70-,71+,72-,73?,76?,77+,78-,79-,81-,82-,83-,84-,85-,86-,93+,94?/m1/s1. The van der Waals surface area contributed by atoms with E-state index in [0.29, 0.717) is 25.7 Å². The van der Waals surface area contributed by atoms with E-state index in [1.807, 2.05) is 6.92 Å². The molecule has 0 saturated carbocycles. The molecule has 130 heavy (non-hydrogen) atoms. The minimum atomic E-state index is -5.94. The number of allylic oxidation sites excluding steroid dienone is 21. The summed E-state index contributed by atoms with van der Waals surface area (Å²) in [4.78, 5) is 139. The van der Waals surface area contributed by atoms with Gasteiger partial charge in [-0.05, 0) is 271 Å². The van der Waals surface area contributed by atoms with Crippen LogP contribution in [0.15, 0.2) is 128 Å². The van der Waals surface area contributed by atoms with E-state index in [-0.39, 0.29) is 13.0 Å². The van der Waals surface area contributed by atoms with Crippen LogP contribution in [0.1, 0.15) is 285 Å². The third-order valence-electron chi connectivity index (χ3n) is 22.1. The lowest BCUT2D eigenvalue weighted by atomic mass is 9.94. The summed E-state index contributed by atoms with van der Waals surface area (Å²) in [6, 6.07) is -10.6. The van der Waals surface area contributed by atoms with Crippen LogP contribution in [0.25, 0.3) is 0 Å². The molecule has 2 aliphatic rings. The number of aliphatic hydroxyl groups excluding tert-OH is 4. The van der Waals surface area contributed by atoms with Gasteiger partial charge in [0.15, 0.2) is 12.6 Å². The Labute approximate surface area is 771 Å². The number of carboxylic acids is 1. The molecular formula is C94H157N9O25P2. The second-order valence-electron chi connectivity index (χ2n) is 34.8. The Morgan fingerprint density at radius 3 is 1.18 bits per heavy atom. The number of amides is 8. The molecule has 2 heterocycles. The first kappa shape index (κ1) is 118. The molecule has 5 unspecified atom stereocenters. The Morgan fingerprint density at radius 1 is 0.423 bits per heavy atom. The van der Waals surface area contributed by atoms with Crippen LogP contribution in [0.2, 0.25) is 0 Å². The lowest BCUT2D eigenvalue weighted by Crippen LogP contribution is -2.70. The van der Waals surface area contributed by atoms with Gasteiger partial charge in [0.25, 0.3) is 0 Å². The molecule has 0 radical (unpaired) electrons. The summed E-state index contributed by atoms with van der Waals surface area (Å²) in [5, 5.41) is 68.8. The zero-order valence-electron chi connectivity index (χ0n) is 80.1. The van der Waals surface area contributed by atoms with Crippen molar-refractivity contribution < 1.29 is 120 Å². The first-order valence-corrected chi connectivity index (χ1v) is 48.5. The summed E-state index contributed by atoms with van der Waals surface area (Å²) in [7, 11) is -11.5. The second kappa shape index (κ2) is 63.5. The molecule has 0 aromatic rings. The van der Waals surface area contributed by atoms with Crippen molar-refractivity contribution in [2.45, 2.75) is 383 Å². The maximum absolute atomic E-state index is 14.2. The zero-order chi connectivity index (χ0) is 98.0. The molecule has 18 atom stereocenters. The van der Waals surface area contributed by atoms with Crippen molar-refractivity contribution in [3.05, 3.63) is 128 Å². The molecule has 0 bridgehead atoms. The third-order valence-corrected chi connectivity index (χ3v) is 24.7. The number of carbonyl (C=O) groups excluding carboxylic acids is 8. The molecule has 2 aliphatic heterocycles. The molecule has 0 spiro atoms. The first-order valence-electron chi connectivity index (χ1n) is 45.5. The van der Waals surface area contributed by atoms with Crippen LogP contribution in [0.3, 0.4) is 0 Å². The van der Waals surface area contributed by atoms with E-state index in [1.54, 1.807) is 6.92 Å². The van der Waals surface area contributed by atoms with E-state index in [1.165, 1.54) is 75.7 Å². The summed E-state index contributed by atoms with van der Waals surface area (Å²) < 4.78 is 66.4. The lowest BCUT2D eigenvalue weighted by Gasteiger charge is -2.49. The predicted octanol–water partition coefficient (Wildman–Crippen LogP) is 11.8. The topological polar surface area (TPSA) is 530 Å². The van der Waals surface area contributed by atoms with Crippen LogP contribution in [0, 0.1) is 0 Å². The van der Waals surface area contributed by atoms with Crippen molar-refractivity contribution in [3.63, 3.8) is 0 Å². The highest BCUT2D eigenvalue weighted by molar-refractivity contribution is 7.61. The van der Waals surface area contributed by atoms with Gasteiger partial charge >= 0.3 is 21.6 Å². The number of hydrogen-bond donors (Lipinski definition) is 16. The Kier molecular flexibility index (Phi) is 57.8. The van der Waals surface area contributed by atoms with Gasteiger partial charge in [-0.1, -0.05) is 128 Å². The van der Waals surface area contributed by atoms with Crippen LogP contribution in [0.5, 0.6) is 0 Å². The molecule has 0 aliphatic carbocycles. The van der Waals surface area contributed by atoms with Gasteiger partial charge < -0.3 is 103 Å². The molecule has 2 saturated heterocycles. The van der Waals surface area contributed by atoms with Gasteiger partial charge in [0.05, 0.1) is 19.8 Å². The van der Waals surface area contributed by atoms with Crippen LogP contribution in [-0.2, 0) is 84.6 Å². The molecule has 2 fully saturated rings. The SMILES string of the molecule is CC(=O)N[C@H]1[C@H](O[C@H]2[C@H](OC(C)C(=O)N[C@@H](C)C(=O)NC(CCC(=O)N[C@@H](CCCCN)C(=O)N[C@H](C)C(=O)N[C@H](C)C(=O)O)C(N)=O)[C@@H](NC(C)=O)C(OP(=O)(O)OP(=O)(O)OC/C=C(\C)CC/C=C(\C)CC/C=C(\C)CC/C=C(\C)CC/C=C(\C)CC/C=C(\C)CC/C=C(\C)CC/C=C(\C)CC/C=C(\C)CC/C=C(\C)CCC=C(C)C)O[C@@H]2CO)O[C@H](CO)[C@@H](O)[C@@H]1O. The van der Waals surface area contributed by atoms with Crippen molar-refractivity contribution in [1.82, 2.24) is 37.2 Å². The summed E-state index contributed by atoms with van der Waals surface area (Å²) in [6.45, 7) is 30.3. The maximum Gasteiger partial charge on any atom is 0.483 e. The van der Waals surface area contributed by atoms with Gasteiger partial charge in [0.1, 0.15) is 85.0 Å². The monoisotopic (exact) mass is 1870 g/mol. The van der Waals surface area contributed by atoms with Crippen LogP contribution in [0.4, 0.5) is 0 Å². The van der Waals surface area contributed by atoms with Gasteiger partial charge in [0.2, 0.25) is 47.3 Å². The Hall–Kier alpha value is -7.73. The number of rotatable bonds is 63. The summed E-state index contributed by atoms with van der Waals surface area (Å²) in [5.41, 5.74) is 26.0. The van der Waals surface area contributed by atoms with E-state index in [0.717, 1.165) is 149 Å². The Morgan fingerprint density at radius 2 is 0.800 bits per heavy atom. The fraction of sp³-hybridized carbons (Fsp3) is 0.670. The number of aliphatic carboxylic acids is 1. The van der Waals surface area contributed by atoms with Crippen LogP contribution in [-0.4, -0.2) is 213 Å². The maximum atomic E-state index is 14.2. The minimum Gasteiger partial charge on any atom is -0.480 e. The number of carbonyl (C=O) groups is 9. The number of hydrogen-bond acceptors (Lipinski definition) is 23. The average molecular weight is 1880 g/mol. The summed E-state index contributed by atoms with van der Waals surface area (Å²) >= 11 is 0. The van der Waals surface area contributed by atoms with Gasteiger partial charge in [-0.3, -0.25) is 52.2 Å². The number of nitrogens with one attached hydrogen (secondary N) is 7. The summed E-state index contributed by atoms with van der Waals surface area (Å²) in [6.07, 6.45) is 27.5. The number of primary amides is 1. The number of phosphoric acid groups is 2. The smallest absolute Gasteiger partial charge is 0.480 e. The highest BCUT2D eigenvalue weighted by Crippen LogP contribution is 2.61. The molecular weight excluding hydrogens is 1720 g/mol. The van der Waals surface area contributed by atoms with E-state index in [4.69, 9.17) is 39.5 Å². The van der Waals surface area contributed by atoms with Crippen molar-refractivity contribution in [3.8, 4) is 0 Å². The third kappa shape index (κ3) is 50.4. The molecule has 0 aromatic heterocycles.